The monoisotopic (exact) mass is 302 g/mol. The Bertz CT molecular complexity index is 578. The van der Waals surface area contributed by atoms with Gasteiger partial charge in [-0.25, -0.2) is 4.98 Å². The molecule has 1 heterocycles. The van der Waals surface area contributed by atoms with Crippen LogP contribution in [0.25, 0.3) is 0 Å². The van der Waals surface area contributed by atoms with Gasteiger partial charge in [0.25, 0.3) is 0 Å². The largest absolute Gasteiger partial charge is 0.376 e. The maximum atomic E-state index is 6.14. The molecule has 2 rings (SSSR count). The van der Waals surface area contributed by atoms with Gasteiger partial charge in [0.1, 0.15) is 0 Å². The molecule has 0 fully saturated rings. The van der Waals surface area contributed by atoms with Gasteiger partial charge in [-0.05, 0) is 49.4 Å². The molecule has 0 bridgehead atoms. The first-order valence-corrected chi connectivity index (χ1v) is 7.95. The SMILES string of the molecule is CCCCc1ccc(C(C)Nc2cc(C)cnc2Cl)cc1. The molecule has 1 unspecified atom stereocenters. The van der Waals surface area contributed by atoms with Crippen LogP contribution >= 0.6 is 11.6 Å². The third-order valence-electron chi connectivity index (χ3n) is 3.65. The Labute approximate surface area is 132 Å². The molecule has 0 aliphatic carbocycles. The van der Waals surface area contributed by atoms with Crippen LogP contribution in [-0.2, 0) is 6.42 Å². The molecule has 112 valence electrons. The highest BCUT2D eigenvalue weighted by Crippen LogP contribution is 2.25. The van der Waals surface area contributed by atoms with Crippen molar-refractivity contribution in [2.75, 3.05) is 5.32 Å². The van der Waals surface area contributed by atoms with Crippen molar-refractivity contribution in [1.29, 1.82) is 0 Å². The number of nitrogens with one attached hydrogen (secondary N) is 1. The third kappa shape index (κ3) is 4.47. The standard InChI is InChI=1S/C18H23ClN2/c1-4-5-6-15-7-9-16(10-8-15)14(3)21-17-11-13(2)12-20-18(17)19/h7-12,14,21H,4-6H2,1-3H3. The molecule has 0 aliphatic heterocycles. The second kappa shape index (κ2) is 7.46. The molecule has 1 atom stereocenters. The van der Waals surface area contributed by atoms with Gasteiger partial charge in [0, 0.05) is 12.2 Å². The summed E-state index contributed by atoms with van der Waals surface area (Å²) >= 11 is 6.14. The third-order valence-corrected chi connectivity index (χ3v) is 3.95. The van der Waals surface area contributed by atoms with Crippen LogP contribution in [0.4, 0.5) is 5.69 Å². The lowest BCUT2D eigenvalue weighted by atomic mass is 10.0. The molecular weight excluding hydrogens is 280 g/mol. The molecule has 1 aromatic carbocycles. The van der Waals surface area contributed by atoms with Crippen LogP contribution in [0.5, 0.6) is 0 Å². The van der Waals surface area contributed by atoms with Gasteiger partial charge >= 0.3 is 0 Å². The number of aryl methyl sites for hydroxylation is 2. The fourth-order valence-electron chi connectivity index (χ4n) is 2.32. The van der Waals surface area contributed by atoms with E-state index in [9.17, 15) is 0 Å². The molecule has 3 heteroatoms. The van der Waals surface area contributed by atoms with E-state index in [1.54, 1.807) is 6.20 Å². The summed E-state index contributed by atoms with van der Waals surface area (Å²) in [6.07, 6.45) is 5.42. The zero-order valence-corrected chi connectivity index (χ0v) is 13.7. The van der Waals surface area contributed by atoms with E-state index < -0.39 is 0 Å². The van der Waals surface area contributed by atoms with Gasteiger partial charge in [-0.15, -0.1) is 0 Å². The Hall–Kier alpha value is -1.54. The topological polar surface area (TPSA) is 24.9 Å². The molecule has 2 nitrogen and oxygen atoms in total. The molecule has 0 aliphatic rings. The number of anilines is 1. The highest BCUT2D eigenvalue weighted by Gasteiger charge is 2.08. The summed E-state index contributed by atoms with van der Waals surface area (Å²) in [5.74, 6) is 0. The number of rotatable bonds is 6. The van der Waals surface area contributed by atoms with Crippen molar-refractivity contribution in [3.8, 4) is 0 Å². The Balaban J connectivity index is 2.05. The fraction of sp³-hybridized carbons (Fsp3) is 0.389. The second-order valence-electron chi connectivity index (χ2n) is 5.56. The quantitative estimate of drug-likeness (QED) is 0.707. The maximum Gasteiger partial charge on any atom is 0.152 e. The van der Waals surface area contributed by atoms with Crippen molar-refractivity contribution in [3.05, 3.63) is 58.4 Å². The number of hydrogen-bond donors (Lipinski definition) is 1. The molecule has 2 aromatic rings. The highest BCUT2D eigenvalue weighted by atomic mass is 35.5. The Kier molecular flexibility index (Phi) is 5.63. The van der Waals surface area contributed by atoms with Gasteiger partial charge < -0.3 is 5.32 Å². The van der Waals surface area contributed by atoms with E-state index in [0.717, 1.165) is 17.7 Å². The number of benzene rings is 1. The predicted octanol–water partition coefficient (Wildman–Crippen LogP) is 5.56. The number of aromatic nitrogens is 1. The van der Waals surface area contributed by atoms with Crippen LogP contribution < -0.4 is 5.32 Å². The van der Waals surface area contributed by atoms with Crippen LogP contribution in [-0.4, -0.2) is 4.98 Å². The zero-order chi connectivity index (χ0) is 15.2. The minimum absolute atomic E-state index is 0.200. The minimum atomic E-state index is 0.200. The van der Waals surface area contributed by atoms with Gasteiger partial charge in [0.05, 0.1) is 5.69 Å². The van der Waals surface area contributed by atoms with Crippen LogP contribution in [0, 0.1) is 6.92 Å². The molecule has 0 radical (unpaired) electrons. The highest BCUT2D eigenvalue weighted by molar-refractivity contribution is 6.31. The van der Waals surface area contributed by atoms with Gasteiger partial charge in [0.15, 0.2) is 5.15 Å². The van der Waals surface area contributed by atoms with Crippen molar-refractivity contribution >= 4 is 17.3 Å². The van der Waals surface area contributed by atoms with E-state index in [2.05, 4.69) is 48.4 Å². The first-order valence-electron chi connectivity index (χ1n) is 7.57. The lowest BCUT2D eigenvalue weighted by Gasteiger charge is -2.17. The average molecular weight is 303 g/mol. The summed E-state index contributed by atoms with van der Waals surface area (Å²) < 4.78 is 0. The smallest absolute Gasteiger partial charge is 0.152 e. The zero-order valence-electron chi connectivity index (χ0n) is 13.0. The lowest BCUT2D eigenvalue weighted by molar-refractivity contribution is 0.793. The number of pyridine rings is 1. The Morgan fingerprint density at radius 1 is 1.24 bits per heavy atom. The van der Waals surface area contributed by atoms with Crippen molar-refractivity contribution < 1.29 is 0 Å². The number of halogens is 1. The van der Waals surface area contributed by atoms with Gasteiger partial charge in [-0.3, -0.25) is 0 Å². The normalized spacial score (nSPS) is 12.2. The van der Waals surface area contributed by atoms with E-state index in [1.807, 2.05) is 13.0 Å². The molecule has 0 saturated carbocycles. The van der Waals surface area contributed by atoms with Crippen LogP contribution in [0.15, 0.2) is 36.5 Å². The van der Waals surface area contributed by atoms with Crippen LogP contribution in [0.2, 0.25) is 5.15 Å². The van der Waals surface area contributed by atoms with Crippen molar-refractivity contribution in [2.24, 2.45) is 0 Å². The van der Waals surface area contributed by atoms with E-state index in [1.165, 1.54) is 24.0 Å². The van der Waals surface area contributed by atoms with Crippen LogP contribution in [0.3, 0.4) is 0 Å². The first kappa shape index (κ1) is 15.8. The van der Waals surface area contributed by atoms with Gasteiger partial charge in [-0.1, -0.05) is 49.2 Å². The molecule has 0 spiro atoms. The fourth-order valence-corrected chi connectivity index (χ4v) is 2.48. The second-order valence-corrected chi connectivity index (χ2v) is 5.92. The van der Waals surface area contributed by atoms with E-state index in [0.29, 0.717) is 5.15 Å². The summed E-state index contributed by atoms with van der Waals surface area (Å²) in [6, 6.07) is 11.1. The summed E-state index contributed by atoms with van der Waals surface area (Å²) in [7, 11) is 0. The first-order chi connectivity index (χ1) is 10.1. The molecule has 0 saturated heterocycles. The molecule has 1 N–H and O–H groups in total. The van der Waals surface area contributed by atoms with Crippen molar-refractivity contribution in [2.45, 2.75) is 46.1 Å². The van der Waals surface area contributed by atoms with Gasteiger partial charge in [0.2, 0.25) is 0 Å². The predicted molar refractivity (Wildman–Crippen MR) is 91.1 cm³/mol. The Morgan fingerprint density at radius 2 is 1.95 bits per heavy atom. The number of nitrogens with zero attached hydrogens (tertiary/aromatic N) is 1. The van der Waals surface area contributed by atoms with Crippen molar-refractivity contribution in [1.82, 2.24) is 4.98 Å². The average Bonchev–Trinajstić information content (AvgIpc) is 2.49. The van der Waals surface area contributed by atoms with Crippen LogP contribution in [0.1, 0.15) is 49.4 Å². The molecule has 0 amide bonds. The summed E-state index contributed by atoms with van der Waals surface area (Å²) in [4.78, 5) is 4.18. The number of unbranched alkanes of at least 4 members (excludes halogenated alkanes) is 1. The Morgan fingerprint density at radius 3 is 2.62 bits per heavy atom. The minimum Gasteiger partial charge on any atom is -0.376 e. The van der Waals surface area contributed by atoms with Crippen molar-refractivity contribution in [3.63, 3.8) is 0 Å². The van der Waals surface area contributed by atoms with Gasteiger partial charge in [-0.2, -0.15) is 0 Å². The summed E-state index contributed by atoms with van der Waals surface area (Å²) in [5.41, 5.74) is 4.65. The number of hydrogen-bond acceptors (Lipinski definition) is 2. The maximum absolute atomic E-state index is 6.14. The summed E-state index contributed by atoms with van der Waals surface area (Å²) in [5, 5.41) is 3.96. The van der Waals surface area contributed by atoms with E-state index >= 15 is 0 Å². The summed E-state index contributed by atoms with van der Waals surface area (Å²) in [6.45, 7) is 6.38. The molecule has 21 heavy (non-hydrogen) atoms. The lowest BCUT2D eigenvalue weighted by Crippen LogP contribution is -2.07. The molecular formula is C18H23ClN2. The van der Waals surface area contributed by atoms with E-state index in [-0.39, 0.29) is 6.04 Å². The molecule has 1 aromatic heterocycles. The van der Waals surface area contributed by atoms with E-state index in [4.69, 9.17) is 11.6 Å².